The molecule has 1 aromatic rings. The van der Waals surface area contributed by atoms with Crippen molar-refractivity contribution < 1.29 is 4.79 Å². The van der Waals surface area contributed by atoms with Crippen LogP contribution in [0.3, 0.4) is 0 Å². The first-order valence-electron chi connectivity index (χ1n) is 6.87. The average Bonchev–Trinajstić information content (AvgIpc) is 2.45. The van der Waals surface area contributed by atoms with Crippen molar-refractivity contribution in [2.24, 2.45) is 0 Å². The molecule has 2 heterocycles. The third-order valence-corrected chi connectivity index (χ3v) is 3.35. The molecule has 19 heavy (non-hydrogen) atoms. The lowest BCUT2D eigenvalue weighted by Gasteiger charge is -2.32. The molecule has 0 spiro atoms. The van der Waals surface area contributed by atoms with Crippen molar-refractivity contribution in [1.29, 1.82) is 0 Å². The fourth-order valence-corrected chi connectivity index (χ4v) is 2.12. The van der Waals surface area contributed by atoms with E-state index in [1.807, 2.05) is 11.0 Å². The summed E-state index contributed by atoms with van der Waals surface area (Å²) in [5.41, 5.74) is 1.59. The smallest absolute Gasteiger partial charge is 0.255 e. The molecule has 0 radical (unpaired) electrons. The maximum Gasteiger partial charge on any atom is 0.255 e. The molecule has 104 valence electrons. The zero-order valence-corrected chi connectivity index (χ0v) is 11.7. The van der Waals surface area contributed by atoms with Gasteiger partial charge in [-0.05, 0) is 19.5 Å². The quantitative estimate of drug-likeness (QED) is 0.888. The highest BCUT2D eigenvalue weighted by Crippen LogP contribution is 2.12. The van der Waals surface area contributed by atoms with Crippen molar-refractivity contribution >= 4 is 11.6 Å². The Kier molecular flexibility index (Phi) is 4.74. The Labute approximate surface area is 114 Å². The Morgan fingerprint density at radius 1 is 1.32 bits per heavy atom. The van der Waals surface area contributed by atoms with Crippen molar-refractivity contribution in [1.82, 2.24) is 14.8 Å². The number of rotatable bonds is 4. The molecule has 1 N–H and O–H groups in total. The van der Waals surface area contributed by atoms with E-state index in [9.17, 15) is 4.79 Å². The van der Waals surface area contributed by atoms with Crippen molar-refractivity contribution in [2.45, 2.75) is 13.3 Å². The summed E-state index contributed by atoms with van der Waals surface area (Å²) in [4.78, 5) is 20.7. The van der Waals surface area contributed by atoms with E-state index in [1.54, 1.807) is 12.4 Å². The second-order valence-electron chi connectivity index (χ2n) is 4.98. The van der Waals surface area contributed by atoms with Crippen molar-refractivity contribution in [3.63, 3.8) is 0 Å². The topological polar surface area (TPSA) is 48.5 Å². The molecule has 1 aromatic heterocycles. The van der Waals surface area contributed by atoms with E-state index >= 15 is 0 Å². The summed E-state index contributed by atoms with van der Waals surface area (Å²) in [6.07, 6.45) is 4.46. The highest BCUT2D eigenvalue weighted by atomic mass is 16.2. The number of carbonyl (C=O) groups is 1. The van der Waals surface area contributed by atoms with Gasteiger partial charge in [0.2, 0.25) is 0 Å². The molecule has 1 amide bonds. The fraction of sp³-hybridized carbons (Fsp3) is 0.571. The molecule has 0 saturated carbocycles. The summed E-state index contributed by atoms with van der Waals surface area (Å²) in [7, 11) is 2.08. The molecule has 1 aliphatic heterocycles. The maximum atomic E-state index is 12.4. The molecule has 5 heteroatoms. The monoisotopic (exact) mass is 262 g/mol. The summed E-state index contributed by atoms with van der Waals surface area (Å²) in [6, 6.07) is 1.89. The van der Waals surface area contributed by atoms with Crippen LogP contribution in [0.2, 0.25) is 0 Å². The van der Waals surface area contributed by atoms with Gasteiger partial charge in [0.1, 0.15) is 0 Å². The number of hydrogen-bond donors (Lipinski definition) is 1. The van der Waals surface area contributed by atoms with Gasteiger partial charge in [-0.3, -0.25) is 9.78 Å². The van der Waals surface area contributed by atoms with Gasteiger partial charge in [-0.15, -0.1) is 0 Å². The minimum absolute atomic E-state index is 0.0840. The normalized spacial score (nSPS) is 16.4. The van der Waals surface area contributed by atoms with Gasteiger partial charge in [-0.1, -0.05) is 6.92 Å². The van der Waals surface area contributed by atoms with Gasteiger partial charge in [-0.25, -0.2) is 0 Å². The van der Waals surface area contributed by atoms with Crippen LogP contribution in [0.25, 0.3) is 0 Å². The number of carbonyl (C=O) groups excluding carboxylic acids is 1. The first-order valence-corrected chi connectivity index (χ1v) is 6.87. The minimum atomic E-state index is 0.0840. The van der Waals surface area contributed by atoms with Crippen LogP contribution >= 0.6 is 0 Å². The first-order chi connectivity index (χ1) is 9.20. The molecular weight excluding hydrogens is 240 g/mol. The van der Waals surface area contributed by atoms with E-state index in [1.165, 1.54) is 0 Å². The first kappa shape index (κ1) is 13.8. The van der Waals surface area contributed by atoms with E-state index in [0.717, 1.165) is 44.8 Å². The van der Waals surface area contributed by atoms with Crippen LogP contribution in [0.4, 0.5) is 5.69 Å². The Morgan fingerprint density at radius 2 is 2.05 bits per heavy atom. The lowest BCUT2D eigenvalue weighted by molar-refractivity contribution is 0.0663. The lowest BCUT2D eigenvalue weighted by Crippen LogP contribution is -2.47. The van der Waals surface area contributed by atoms with Crippen molar-refractivity contribution in [3.8, 4) is 0 Å². The average molecular weight is 262 g/mol. The van der Waals surface area contributed by atoms with E-state index in [0.29, 0.717) is 5.56 Å². The van der Waals surface area contributed by atoms with Crippen LogP contribution in [0, 0.1) is 0 Å². The summed E-state index contributed by atoms with van der Waals surface area (Å²) in [6.45, 7) is 6.47. The predicted octanol–water partition coefficient (Wildman–Crippen LogP) is 1.29. The third-order valence-electron chi connectivity index (χ3n) is 3.35. The second-order valence-corrected chi connectivity index (χ2v) is 4.98. The van der Waals surface area contributed by atoms with Gasteiger partial charge in [0, 0.05) is 45.1 Å². The van der Waals surface area contributed by atoms with Gasteiger partial charge in [-0.2, -0.15) is 0 Å². The van der Waals surface area contributed by atoms with E-state index in [4.69, 9.17) is 0 Å². The molecule has 2 rings (SSSR count). The number of hydrogen-bond acceptors (Lipinski definition) is 4. The SMILES string of the molecule is CCCNc1cncc(C(=O)N2CCN(C)CC2)c1. The third kappa shape index (κ3) is 3.67. The zero-order chi connectivity index (χ0) is 13.7. The molecule has 0 unspecified atom stereocenters. The Morgan fingerprint density at radius 3 is 2.74 bits per heavy atom. The number of anilines is 1. The maximum absolute atomic E-state index is 12.4. The van der Waals surface area contributed by atoms with Crippen LogP contribution in [0.15, 0.2) is 18.5 Å². The molecule has 0 bridgehead atoms. The summed E-state index contributed by atoms with van der Waals surface area (Å²) < 4.78 is 0. The molecule has 1 saturated heterocycles. The number of nitrogens with zero attached hydrogens (tertiary/aromatic N) is 3. The minimum Gasteiger partial charge on any atom is -0.384 e. The molecule has 1 aliphatic rings. The van der Waals surface area contributed by atoms with Crippen molar-refractivity contribution in [3.05, 3.63) is 24.0 Å². The number of likely N-dealkylation sites (N-methyl/N-ethyl adjacent to an activating group) is 1. The fourth-order valence-electron chi connectivity index (χ4n) is 2.12. The van der Waals surface area contributed by atoms with Crippen LogP contribution in [0.5, 0.6) is 0 Å². The number of nitrogens with one attached hydrogen (secondary N) is 1. The van der Waals surface area contributed by atoms with Gasteiger partial charge in [0.25, 0.3) is 5.91 Å². The number of aromatic nitrogens is 1. The Bertz CT molecular complexity index is 427. The lowest BCUT2D eigenvalue weighted by atomic mass is 10.2. The summed E-state index contributed by atoms with van der Waals surface area (Å²) in [5, 5.41) is 3.26. The number of pyridine rings is 1. The number of amides is 1. The van der Waals surface area contributed by atoms with E-state index < -0.39 is 0 Å². The van der Waals surface area contributed by atoms with Crippen LogP contribution in [-0.2, 0) is 0 Å². The number of piperazine rings is 1. The Hall–Kier alpha value is -1.62. The largest absolute Gasteiger partial charge is 0.384 e. The highest BCUT2D eigenvalue weighted by Gasteiger charge is 2.20. The van der Waals surface area contributed by atoms with Gasteiger partial charge in [0.15, 0.2) is 0 Å². The van der Waals surface area contributed by atoms with Gasteiger partial charge in [0.05, 0.1) is 11.3 Å². The van der Waals surface area contributed by atoms with Crippen LogP contribution in [0.1, 0.15) is 23.7 Å². The predicted molar refractivity (Wildman–Crippen MR) is 76.4 cm³/mol. The Balaban J connectivity index is 2.02. The summed E-state index contributed by atoms with van der Waals surface area (Å²) >= 11 is 0. The second kappa shape index (κ2) is 6.52. The summed E-state index contributed by atoms with van der Waals surface area (Å²) in [5.74, 6) is 0.0840. The molecule has 0 aromatic carbocycles. The van der Waals surface area contributed by atoms with Gasteiger partial charge >= 0.3 is 0 Å². The molecule has 1 fully saturated rings. The zero-order valence-electron chi connectivity index (χ0n) is 11.7. The molecular formula is C14H22N4O. The molecule has 5 nitrogen and oxygen atoms in total. The van der Waals surface area contributed by atoms with E-state index in [2.05, 4.69) is 29.2 Å². The van der Waals surface area contributed by atoms with Gasteiger partial charge < -0.3 is 15.1 Å². The molecule has 0 atom stereocenters. The van der Waals surface area contributed by atoms with Crippen LogP contribution < -0.4 is 5.32 Å². The van der Waals surface area contributed by atoms with Crippen LogP contribution in [-0.4, -0.2) is 60.5 Å². The van der Waals surface area contributed by atoms with Crippen molar-refractivity contribution in [2.75, 3.05) is 45.1 Å². The molecule has 0 aliphatic carbocycles. The standard InChI is InChI=1S/C14H22N4O/c1-3-4-16-13-9-12(10-15-11-13)14(19)18-7-5-17(2)6-8-18/h9-11,16H,3-8H2,1-2H3. The van der Waals surface area contributed by atoms with E-state index in [-0.39, 0.29) is 5.91 Å². The highest BCUT2D eigenvalue weighted by molar-refractivity contribution is 5.94.